The molecular formula is C30H32N2O. The molecule has 2 aliphatic heterocycles. The summed E-state index contributed by atoms with van der Waals surface area (Å²) in [5, 5.41) is 0. The second kappa shape index (κ2) is 10.2. The van der Waals surface area contributed by atoms with Gasteiger partial charge in [0.05, 0.1) is 0 Å². The molecule has 0 bridgehead atoms. The number of anilines is 1. The van der Waals surface area contributed by atoms with Gasteiger partial charge in [0.15, 0.2) is 0 Å². The highest BCUT2D eigenvalue weighted by molar-refractivity contribution is 5.94. The smallest absolute Gasteiger partial charge is 0.228 e. The van der Waals surface area contributed by atoms with Crippen molar-refractivity contribution in [2.45, 2.75) is 32.1 Å². The van der Waals surface area contributed by atoms with Crippen molar-refractivity contribution in [1.82, 2.24) is 4.90 Å². The monoisotopic (exact) mass is 436 g/mol. The van der Waals surface area contributed by atoms with E-state index in [0.717, 1.165) is 57.5 Å². The number of para-hydroxylation sites is 1. The zero-order chi connectivity index (χ0) is 22.5. The zero-order valence-electron chi connectivity index (χ0n) is 19.2. The van der Waals surface area contributed by atoms with Crippen LogP contribution in [0.2, 0.25) is 0 Å². The fourth-order valence-electron chi connectivity index (χ4n) is 5.26. The molecule has 1 fully saturated rings. The molecule has 168 valence electrons. The highest BCUT2D eigenvalue weighted by Crippen LogP contribution is 2.32. The molecule has 0 aromatic heterocycles. The van der Waals surface area contributed by atoms with Crippen LogP contribution in [0.15, 0.2) is 90.5 Å². The normalized spacial score (nSPS) is 16.4. The first-order valence-electron chi connectivity index (χ1n) is 12.2. The molecular weight excluding hydrogens is 404 g/mol. The van der Waals surface area contributed by atoms with Crippen molar-refractivity contribution >= 4 is 17.2 Å². The molecule has 0 radical (unpaired) electrons. The molecule has 3 aromatic rings. The average molecular weight is 437 g/mol. The Balaban J connectivity index is 1.24. The molecule has 0 atom stereocenters. The summed E-state index contributed by atoms with van der Waals surface area (Å²) in [7, 11) is 0. The van der Waals surface area contributed by atoms with Gasteiger partial charge in [0.25, 0.3) is 0 Å². The van der Waals surface area contributed by atoms with Crippen molar-refractivity contribution in [3.05, 3.63) is 107 Å². The van der Waals surface area contributed by atoms with Crippen LogP contribution in [0, 0.1) is 0 Å². The van der Waals surface area contributed by atoms with E-state index in [4.69, 9.17) is 0 Å². The van der Waals surface area contributed by atoms with Gasteiger partial charge in [-0.3, -0.25) is 4.79 Å². The largest absolute Gasteiger partial charge is 0.312 e. The summed E-state index contributed by atoms with van der Waals surface area (Å²) in [5.74, 6) is 0.262. The molecule has 3 aromatic carbocycles. The maximum Gasteiger partial charge on any atom is 0.228 e. The fraction of sp³-hybridized carbons (Fsp3) is 0.300. The molecule has 3 nitrogen and oxygen atoms in total. The van der Waals surface area contributed by atoms with E-state index in [9.17, 15) is 4.79 Å². The van der Waals surface area contributed by atoms with Crippen LogP contribution in [0.4, 0.5) is 5.69 Å². The van der Waals surface area contributed by atoms with Crippen LogP contribution in [0.5, 0.6) is 0 Å². The quantitative estimate of drug-likeness (QED) is 0.493. The second-order valence-corrected chi connectivity index (χ2v) is 9.08. The number of piperidine rings is 1. The lowest BCUT2D eigenvalue weighted by atomic mass is 9.88. The third kappa shape index (κ3) is 4.94. The zero-order valence-corrected chi connectivity index (χ0v) is 19.2. The number of nitrogens with zero attached hydrogens (tertiary/aromatic N) is 2. The summed E-state index contributed by atoms with van der Waals surface area (Å²) in [6.45, 7) is 3.72. The molecule has 0 N–H and O–H groups in total. The second-order valence-electron chi connectivity index (χ2n) is 9.08. The van der Waals surface area contributed by atoms with Crippen LogP contribution < -0.4 is 4.90 Å². The van der Waals surface area contributed by atoms with Gasteiger partial charge >= 0.3 is 0 Å². The predicted octanol–water partition coefficient (Wildman–Crippen LogP) is 5.95. The van der Waals surface area contributed by atoms with Crippen molar-refractivity contribution in [3.8, 4) is 0 Å². The number of hydrogen-bond donors (Lipinski definition) is 0. The van der Waals surface area contributed by atoms with Crippen molar-refractivity contribution < 1.29 is 4.79 Å². The molecule has 0 spiro atoms. The number of carbonyl (C=O) groups is 1. The number of amides is 1. The molecule has 1 amide bonds. The van der Waals surface area contributed by atoms with Crippen LogP contribution in [-0.4, -0.2) is 37.0 Å². The van der Waals surface area contributed by atoms with Crippen molar-refractivity contribution in [2.24, 2.45) is 0 Å². The number of hydrogen-bond acceptors (Lipinski definition) is 2. The highest BCUT2D eigenvalue weighted by Gasteiger charge is 2.24. The lowest BCUT2D eigenvalue weighted by molar-refractivity contribution is -0.119. The molecule has 33 heavy (non-hydrogen) atoms. The Morgan fingerprint density at radius 2 is 1.30 bits per heavy atom. The van der Waals surface area contributed by atoms with Crippen LogP contribution in [0.3, 0.4) is 0 Å². The van der Waals surface area contributed by atoms with Gasteiger partial charge in [-0.25, -0.2) is 0 Å². The van der Waals surface area contributed by atoms with E-state index in [0.29, 0.717) is 6.42 Å². The first-order chi connectivity index (χ1) is 16.3. The number of carbonyl (C=O) groups excluding carboxylic acids is 1. The van der Waals surface area contributed by atoms with E-state index < -0.39 is 0 Å². The Morgan fingerprint density at radius 1 is 0.697 bits per heavy atom. The van der Waals surface area contributed by atoms with Gasteiger partial charge < -0.3 is 9.80 Å². The van der Waals surface area contributed by atoms with E-state index in [2.05, 4.69) is 83.8 Å². The van der Waals surface area contributed by atoms with Crippen LogP contribution in [-0.2, 0) is 11.2 Å². The van der Waals surface area contributed by atoms with Gasteiger partial charge in [0.1, 0.15) is 0 Å². The lowest BCUT2D eigenvalue weighted by Crippen LogP contribution is -2.39. The maximum atomic E-state index is 13.0. The highest BCUT2D eigenvalue weighted by atomic mass is 16.2. The minimum Gasteiger partial charge on any atom is -0.312 e. The van der Waals surface area contributed by atoms with Gasteiger partial charge in [-0.1, -0.05) is 84.4 Å². The topological polar surface area (TPSA) is 23.6 Å². The molecule has 2 aliphatic rings. The number of fused-ring (bicyclic) bond motifs is 1. The SMILES string of the molecule is O=C(CCN1CCC(=C(c2ccccc2)c2ccccc2)CC1)N1CCCc2ccccc21. The summed E-state index contributed by atoms with van der Waals surface area (Å²) in [5.41, 5.74) is 7.93. The van der Waals surface area contributed by atoms with E-state index in [1.807, 2.05) is 11.0 Å². The Hall–Kier alpha value is -3.17. The summed E-state index contributed by atoms with van der Waals surface area (Å²) >= 11 is 0. The molecule has 0 aliphatic carbocycles. The average Bonchev–Trinajstić information content (AvgIpc) is 2.89. The Morgan fingerprint density at radius 3 is 1.97 bits per heavy atom. The number of benzene rings is 3. The molecule has 0 unspecified atom stereocenters. The van der Waals surface area contributed by atoms with E-state index in [-0.39, 0.29) is 5.91 Å². The Kier molecular flexibility index (Phi) is 6.68. The third-order valence-corrected chi connectivity index (χ3v) is 6.99. The minimum atomic E-state index is 0.262. The van der Waals surface area contributed by atoms with Gasteiger partial charge in [0.2, 0.25) is 5.91 Å². The summed E-state index contributed by atoms with van der Waals surface area (Å²) in [6, 6.07) is 29.9. The fourth-order valence-corrected chi connectivity index (χ4v) is 5.26. The predicted molar refractivity (Wildman–Crippen MR) is 136 cm³/mol. The van der Waals surface area contributed by atoms with Crippen LogP contribution >= 0.6 is 0 Å². The summed E-state index contributed by atoms with van der Waals surface area (Å²) < 4.78 is 0. The molecule has 3 heteroatoms. The van der Waals surface area contributed by atoms with Gasteiger partial charge in [0, 0.05) is 38.3 Å². The molecule has 0 saturated carbocycles. The summed E-state index contributed by atoms with van der Waals surface area (Å²) in [4.78, 5) is 17.5. The number of rotatable bonds is 5. The third-order valence-electron chi connectivity index (χ3n) is 6.99. The molecule has 1 saturated heterocycles. The molecule has 5 rings (SSSR count). The van der Waals surface area contributed by atoms with Crippen molar-refractivity contribution in [3.63, 3.8) is 0 Å². The minimum absolute atomic E-state index is 0.262. The first kappa shape index (κ1) is 21.7. The first-order valence-corrected chi connectivity index (χ1v) is 12.2. The van der Waals surface area contributed by atoms with E-state index in [1.165, 1.54) is 27.8 Å². The van der Waals surface area contributed by atoms with Crippen molar-refractivity contribution in [1.29, 1.82) is 0 Å². The van der Waals surface area contributed by atoms with Gasteiger partial charge in [-0.05, 0) is 54.0 Å². The Labute approximate surface area is 197 Å². The lowest BCUT2D eigenvalue weighted by Gasteiger charge is -2.32. The van der Waals surface area contributed by atoms with Crippen molar-refractivity contribution in [2.75, 3.05) is 31.1 Å². The van der Waals surface area contributed by atoms with E-state index >= 15 is 0 Å². The maximum absolute atomic E-state index is 13.0. The van der Waals surface area contributed by atoms with Gasteiger partial charge in [-0.15, -0.1) is 0 Å². The van der Waals surface area contributed by atoms with Crippen LogP contribution in [0.25, 0.3) is 5.57 Å². The summed E-state index contributed by atoms with van der Waals surface area (Å²) in [6.07, 6.45) is 4.84. The van der Waals surface area contributed by atoms with Crippen LogP contribution in [0.1, 0.15) is 42.4 Å². The number of aryl methyl sites for hydroxylation is 1. The molecule has 2 heterocycles. The standard InChI is InChI=1S/C30H32N2O/c33-29(32-20-9-15-24-10-7-8-16-28(24)32)19-23-31-21-17-27(18-22-31)30(25-11-3-1-4-12-25)26-13-5-2-6-14-26/h1-8,10-14,16H,9,15,17-23H2. The van der Waals surface area contributed by atoms with Gasteiger partial charge in [-0.2, -0.15) is 0 Å². The van der Waals surface area contributed by atoms with E-state index in [1.54, 1.807) is 0 Å². The number of likely N-dealkylation sites (tertiary alicyclic amines) is 1. The Bertz CT molecular complexity index is 1070.